The van der Waals surface area contributed by atoms with Gasteiger partial charge in [-0.05, 0) is 37.3 Å². The first-order valence-corrected chi connectivity index (χ1v) is 5.32. The van der Waals surface area contributed by atoms with Crippen molar-refractivity contribution in [3.05, 3.63) is 30.1 Å². The van der Waals surface area contributed by atoms with E-state index in [9.17, 15) is 0 Å². The summed E-state index contributed by atoms with van der Waals surface area (Å²) in [5.41, 5.74) is 1.18. The van der Waals surface area contributed by atoms with E-state index in [0.717, 1.165) is 18.7 Å². The van der Waals surface area contributed by atoms with Gasteiger partial charge in [0, 0.05) is 17.8 Å². The zero-order chi connectivity index (χ0) is 9.52. The lowest BCUT2D eigenvalue weighted by molar-refractivity contribution is 0.518. The number of alkyl halides is 1. The molecule has 0 spiro atoms. The topological polar surface area (TPSA) is 12.9 Å². The monoisotopic (exact) mass is 197 g/mol. The molecule has 0 bridgehead atoms. The standard InChI is InChI=1S/C11H16ClN/c1-10(5-4-7-12)9-11-6-2-3-8-13-11/h2-3,6,8,10H,4-5,7,9H2,1H3. The number of pyridine rings is 1. The van der Waals surface area contributed by atoms with Gasteiger partial charge < -0.3 is 0 Å². The van der Waals surface area contributed by atoms with Crippen LogP contribution in [0.15, 0.2) is 24.4 Å². The van der Waals surface area contributed by atoms with Crippen LogP contribution in [0.25, 0.3) is 0 Å². The predicted molar refractivity (Wildman–Crippen MR) is 57.1 cm³/mol. The maximum atomic E-state index is 5.63. The van der Waals surface area contributed by atoms with Crippen molar-refractivity contribution in [2.75, 3.05) is 5.88 Å². The number of hydrogen-bond acceptors (Lipinski definition) is 1. The van der Waals surface area contributed by atoms with Crippen LogP contribution < -0.4 is 0 Å². The first kappa shape index (κ1) is 10.5. The molecule has 0 radical (unpaired) electrons. The van der Waals surface area contributed by atoms with E-state index in [2.05, 4.69) is 18.0 Å². The third-order valence-corrected chi connectivity index (χ3v) is 2.38. The Bertz CT molecular complexity index is 223. The summed E-state index contributed by atoms with van der Waals surface area (Å²) < 4.78 is 0. The van der Waals surface area contributed by atoms with Gasteiger partial charge >= 0.3 is 0 Å². The predicted octanol–water partition coefficient (Wildman–Crippen LogP) is 3.28. The molecule has 1 nitrogen and oxygen atoms in total. The van der Waals surface area contributed by atoms with Crippen molar-refractivity contribution in [1.82, 2.24) is 4.98 Å². The normalized spacial score (nSPS) is 12.8. The van der Waals surface area contributed by atoms with Gasteiger partial charge in [-0.2, -0.15) is 0 Å². The van der Waals surface area contributed by atoms with E-state index in [0.29, 0.717) is 5.92 Å². The minimum absolute atomic E-state index is 0.689. The van der Waals surface area contributed by atoms with E-state index in [1.54, 1.807) is 0 Å². The van der Waals surface area contributed by atoms with Gasteiger partial charge in [0.1, 0.15) is 0 Å². The molecule has 0 aliphatic carbocycles. The Balaban J connectivity index is 2.32. The highest BCUT2D eigenvalue weighted by atomic mass is 35.5. The molecular weight excluding hydrogens is 182 g/mol. The number of hydrogen-bond donors (Lipinski definition) is 0. The van der Waals surface area contributed by atoms with E-state index < -0.39 is 0 Å². The van der Waals surface area contributed by atoms with E-state index in [-0.39, 0.29) is 0 Å². The second-order valence-electron chi connectivity index (χ2n) is 3.46. The Morgan fingerprint density at radius 1 is 1.46 bits per heavy atom. The van der Waals surface area contributed by atoms with Gasteiger partial charge in [0.05, 0.1) is 0 Å². The van der Waals surface area contributed by atoms with Gasteiger partial charge in [-0.1, -0.05) is 13.0 Å². The molecule has 0 N–H and O–H groups in total. The Labute approximate surface area is 85.1 Å². The van der Waals surface area contributed by atoms with Crippen LogP contribution in [0, 0.1) is 5.92 Å². The van der Waals surface area contributed by atoms with E-state index >= 15 is 0 Å². The average Bonchev–Trinajstić information content (AvgIpc) is 2.16. The molecule has 72 valence electrons. The molecule has 1 heterocycles. The van der Waals surface area contributed by atoms with Crippen LogP contribution in [0.3, 0.4) is 0 Å². The second-order valence-corrected chi connectivity index (χ2v) is 3.84. The van der Waals surface area contributed by atoms with E-state index in [1.807, 2.05) is 18.3 Å². The molecule has 1 atom stereocenters. The average molecular weight is 198 g/mol. The SMILES string of the molecule is CC(CCCCl)Cc1ccccn1. The van der Waals surface area contributed by atoms with Crippen molar-refractivity contribution in [2.45, 2.75) is 26.2 Å². The fourth-order valence-corrected chi connectivity index (χ4v) is 1.56. The molecule has 13 heavy (non-hydrogen) atoms. The number of halogens is 1. The quantitative estimate of drug-likeness (QED) is 0.661. The minimum atomic E-state index is 0.689. The lowest BCUT2D eigenvalue weighted by atomic mass is 10.00. The number of aromatic nitrogens is 1. The summed E-state index contributed by atoms with van der Waals surface area (Å²) in [4.78, 5) is 4.29. The molecule has 0 aliphatic rings. The third-order valence-electron chi connectivity index (χ3n) is 2.11. The van der Waals surface area contributed by atoms with Crippen molar-refractivity contribution in [2.24, 2.45) is 5.92 Å². The molecule has 0 amide bonds. The Kier molecular flexibility index (Phi) is 4.84. The molecule has 1 aromatic heterocycles. The Hall–Kier alpha value is -0.560. The lowest BCUT2D eigenvalue weighted by Gasteiger charge is -2.08. The van der Waals surface area contributed by atoms with Gasteiger partial charge in [-0.25, -0.2) is 0 Å². The molecule has 0 saturated carbocycles. The van der Waals surface area contributed by atoms with Crippen LogP contribution in [0.5, 0.6) is 0 Å². The van der Waals surface area contributed by atoms with E-state index in [4.69, 9.17) is 11.6 Å². The highest BCUT2D eigenvalue weighted by molar-refractivity contribution is 6.17. The Morgan fingerprint density at radius 3 is 2.92 bits per heavy atom. The van der Waals surface area contributed by atoms with E-state index in [1.165, 1.54) is 12.1 Å². The summed E-state index contributed by atoms with van der Waals surface area (Å²) in [5.74, 6) is 1.46. The van der Waals surface area contributed by atoms with Crippen LogP contribution in [-0.4, -0.2) is 10.9 Å². The molecule has 0 fully saturated rings. The summed E-state index contributed by atoms with van der Waals surface area (Å²) in [6.45, 7) is 2.25. The van der Waals surface area contributed by atoms with Gasteiger partial charge in [-0.15, -0.1) is 11.6 Å². The number of nitrogens with zero attached hydrogens (tertiary/aromatic N) is 1. The smallest absolute Gasteiger partial charge is 0.0406 e. The maximum Gasteiger partial charge on any atom is 0.0406 e. The molecule has 1 unspecified atom stereocenters. The van der Waals surface area contributed by atoms with Crippen LogP contribution in [0.4, 0.5) is 0 Å². The van der Waals surface area contributed by atoms with Gasteiger partial charge in [0.2, 0.25) is 0 Å². The van der Waals surface area contributed by atoms with Crippen LogP contribution in [-0.2, 0) is 6.42 Å². The van der Waals surface area contributed by atoms with Gasteiger partial charge in [0.15, 0.2) is 0 Å². The second kappa shape index (κ2) is 5.98. The van der Waals surface area contributed by atoms with Crippen molar-refractivity contribution >= 4 is 11.6 Å². The molecule has 1 rings (SSSR count). The van der Waals surface area contributed by atoms with Gasteiger partial charge in [0.25, 0.3) is 0 Å². The first-order valence-electron chi connectivity index (χ1n) is 4.79. The lowest BCUT2D eigenvalue weighted by Crippen LogP contribution is -2.01. The highest BCUT2D eigenvalue weighted by Gasteiger charge is 2.03. The summed E-state index contributed by atoms with van der Waals surface area (Å²) in [6.07, 6.45) is 5.22. The molecule has 0 saturated heterocycles. The first-order chi connectivity index (χ1) is 6.33. The highest BCUT2D eigenvalue weighted by Crippen LogP contribution is 2.11. The molecule has 0 aromatic carbocycles. The van der Waals surface area contributed by atoms with Crippen molar-refractivity contribution < 1.29 is 0 Å². The fourth-order valence-electron chi connectivity index (χ4n) is 1.40. The summed E-state index contributed by atoms with van der Waals surface area (Å²) >= 11 is 5.63. The third kappa shape index (κ3) is 4.28. The Morgan fingerprint density at radius 2 is 2.31 bits per heavy atom. The molecular formula is C11H16ClN. The zero-order valence-electron chi connectivity index (χ0n) is 8.04. The summed E-state index contributed by atoms with van der Waals surface area (Å²) in [6, 6.07) is 6.07. The maximum absolute atomic E-state index is 5.63. The largest absolute Gasteiger partial charge is 0.261 e. The van der Waals surface area contributed by atoms with Gasteiger partial charge in [-0.3, -0.25) is 4.98 Å². The van der Waals surface area contributed by atoms with Crippen molar-refractivity contribution in [3.63, 3.8) is 0 Å². The van der Waals surface area contributed by atoms with Crippen LogP contribution in [0.2, 0.25) is 0 Å². The zero-order valence-corrected chi connectivity index (χ0v) is 8.80. The summed E-state index contributed by atoms with van der Waals surface area (Å²) in [5, 5.41) is 0. The molecule has 1 aromatic rings. The molecule has 0 aliphatic heterocycles. The summed E-state index contributed by atoms with van der Waals surface area (Å²) in [7, 11) is 0. The van der Waals surface area contributed by atoms with Crippen LogP contribution in [0.1, 0.15) is 25.5 Å². The van der Waals surface area contributed by atoms with Crippen LogP contribution >= 0.6 is 11.6 Å². The van der Waals surface area contributed by atoms with Crippen molar-refractivity contribution in [3.8, 4) is 0 Å². The number of rotatable bonds is 5. The fraction of sp³-hybridized carbons (Fsp3) is 0.545. The minimum Gasteiger partial charge on any atom is -0.261 e. The van der Waals surface area contributed by atoms with Crippen molar-refractivity contribution in [1.29, 1.82) is 0 Å². The molecule has 2 heteroatoms.